The molecule has 382 valence electrons. The number of esters is 4. The molecule has 5 aromatic rings. The van der Waals surface area contributed by atoms with Gasteiger partial charge in [0.15, 0.2) is 0 Å². The van der Waals surface area contributed by atoms with Gasteiger partial charge in [-0.15, -0.1) is 0 Å². The van der Waals surface area contributed by atoms with Gasteiger partial charge in [-0.2, -0.15) is 0 Å². The number of ether oxygens (including phenoxy) is 8. The summed E-state index contributed by atoms with van der Waals surface area (Å²) in [7, 11) is 0. The van der Waals surface area contributed by atoms with Gasteiger partial charge in [0.2, 0.25) is 0 Å². The van der Waals surface area contributed by atoms with Crippen molar-refractivity contribution in [2.75, 3.05) is 57.8 Å². The summed E-state index contributed by atoms with van der Waals surface area (Å²) in [4.78, 5) is 49.1. The molecule has 0 aliphatic heterocycles. The molecule has 0 N–H and O–H groups in total. The minimum atomic E-state index is -0.446. The van der Waals surface area contributed by atoms with E-state index in [1.807, 2.05) is 72.8 Å². The zero-order valence-corrected chi connectivity index (χ0v) is 42.3. The summed E-state index contributed by atoms with van der Waals surface area (Å²) in [6.07, 6.45) is 2.15. The van der Waals surface area contributed by atoms with Crippen LogP contribution in [0.15, 0.2) is 170 Å². The maximum atomic E-state index is 11.7. The Morgan fingerprint density at radius 2 is 0.616 bits per heavy atom. The average molecular weight is 992 g/mol. The summed E-state index contributed by atoms with van der Waals surface area (Å²) in [6, 6.07) is 40.8. The van der Waals surface area contributed by atoms with Gasteiger partial charge in [-0.3, -0.25) is 0 Å². The smallest absolute Gasteiger partial charge is 0.333 e. The summed E-state index contributed by atoms with van der Waals surface area (Å²) in [5.74, 6) is -1.78. The number of benzene rings is 5. The Labute approximate surface area is 428 Å². The topological polar surface area (TPSA) is 145 Å². The predicted octanol–water partition coefficient (Wildman–Crippen LogP) is 11.3. The molecule has 0 aliphatic carbocycles. The molecule has 0 amide bonds. The van der Waals surface area contributed by atoms with Crippen molar-refractivity contribution in [2.24, 2.45) is 0 Å². The van der Waals surface area contributed by atoms with E-state index in [9.17, 15) is 19.2 Å². The van der Waals surface area contributed by atoms with Crippen LogP contribution in [0.1, 0.15) is 66.6 Å². The first-order valence-electron chi connectivity index (χ1n) is 23.8. The van der Waals surface area contributed by atoms with E-state index in [1.54, 1.807) is 27.7 Å². The van der Waals surface area contributed by atoms with Gasteiger partial charge < -0.3 is 42.8 Å². The van der Waals surface area contributed by atoms with E-state index >= 15 is 0 Å². The number of hydrogen-bond donors (Lipinski definition) is 0. The highest BCUT2D eigenvalue weighted by Crippen LogP contribution is 2.36. The highest BCUT2D eigenvalue weighted by molar-refractivity contribution is 5.92. The van der Waals surface area contributed by atoms with Crippen molar-refractivity contribution in [2.45, 2.75) is 54.1 Å². The van der Waals surface area contributed by atoms with E-state index < -0.39 is 23.9 Å². The fraction of sp³-hybridized carbons (Fsp3) is 0.267. The van der Waals surface area contributed by atoms with E-state index in [-0.39, 0.29) is 52.9 Å². The first kappa shape index (κ1) is 56.2. The zero-order valence-electron chi connectivity index (χ0n) is 42.3. The van der Waals surface area contributed by atoms with Gasteiger partial charge in [0, 0.05) is 39.4 Å². The second kappa shape index (κ2) is 29.6. The highest BCUT2D eigenvalue weighted by Gasteiger charge is 2.15. The number of rotatable bonds is 30. The highest BCUT2D eigenvalue weighted by atomic mass is 16.6. The first-order chi connectivity index (χ1) is 35.2. The molecule has 0 aromatic heterocycles. The lowest BCUT2D eigenvalue weighted by atomic mass is 9.94. The maximum absolute atomic E-state index is 11.7. The van der Waals surface area contributed by atoms with Crippen LogP contribution in [0.3, 0.4) is 0 Å². The quantitative estimate of drug-likeness (QED) is 0.0142. The molecule has 5 rings (SSSR count). The molecule has 13 heteroatoms. The fourth-order valence-corrected chi connectivity index (χ4v) is 6.74. The van der Waals surface area contributed by atoms with Gasteiger partial charge >= 0.3 is 23.9 Å². The first-order valence-corrected chi connectivity index (χ1v) is 23.8. The van der Waals surface area contributed by atoms with E-state index in [0.29, 0.717) is 48.7 Å². The molecule has 0 radical (unpaired) electrons. The normalized spacial score (nSPS) is 10.7. The molecule has 0 heterocycles. The lowest BCUT2D eigenvalue weighted by Crippen LogP contribution is -2.12. The molecule has 13 nitrogen and oxygen atoms in total. The van der Waals surface area contributed by atoms with Crippen LogP contribution in [0.25, 0.3) is 11.6 Å². The van der Waals surface area contributed by atoms with Crippen LogP contribution < -0.4 is 4.90 Å². The number of anilines is 3. The van der Waals surface area contributed by atoms with Crippen LogP contribution >= 0.6 is 0 Å². The third-order valence-corrected chi connectivity index (χ3v) is 10.7. The molecular weight excluding hydrogens is 927 g/mol. The Hall–Kier alpha value is -7.68. The predicted molar refractivity (Wildman–Crippen MR) is 283 cm³/mol. The van der Waals surface area contributed by atoms with Gasteiger partial charge in [-0.05, 0) is 115 Å². The largest absolute Gasteiger partial charge is 0.460 e. The molecule has 0 spiro atoms. The van der Waals surface area contributed by atoms with Crippen LogP contribution in [0.5, 0.6) is 0 Å². The zero-order chi connectivity index (χ0) is 52.5. The lowest BCUT2D eigenvalue weighted by molar-refractivity contribution is -0.141. The molecular formula is C60H65NO12. The molecule has 0 unspecified atom stereocenters. The van der Waals surface area contributed by atoms with Crippen molar-refractivity contribution in [1.29, 1.82) is 0 Å². The Bertz CT molecular complexity index is 2520. The van der Waals surface area contributed by atoms with Gasteiger partial charge in [-0.1, -0.05) is 111 Å². The van der Waals surface area contributed by atoms with E-state index in [4.69, 9.17) is 37.9 Å². The van der Waals surface area contributed by atoms with Crippen molar-refractivity contribution >= 4 is 52.6 Å². The van der Waals surface area contributed by atoms with Gasteiger partial charge in [0.05, 0.1) is 52.9 Å². The van der Waals surface area contributed by atoms with Crippen molar-refractivity contribution in [3.05, 3.63) is 209 Å². The monoisotopic (exact) mass is 991 g/mol. The van der Waals surface area contributed by atoms with E-state index in [1.165, 1.54) is 0 Å². The Morgan fingerprint density at radius 1 is 0.370 bits per heavy atom. The standard InChI is InChI=1S/C60H65NO12/c1-42(2)57(62)70-33-29-66-38-47-9-19-51(20-10-47)56(52-21-11-48(12-22-52)39-67-30-34-71-58(63)43(3)4)37-46-13-23-53(24-14-46)61(54-25-15-49(16-26-54)40-68-31-35-72-59(64)44(5)6)55-27-17-50(18-28-55)41-69-32-36-73-60(65)45(7)8/h9-28,37H,1,3,5,7,29-36,38-41H2,2,4,6,8H3. The molecule has 0 saturated carbocycles. The SMILES string of the molecule is C=C(C)C(=O)OCCOCc1ccc(C(=Cc2ccc(N(c3ccc(COCCOC(=O)C(=C)C)cc3)c3ccc(COCCOC(=O)C(=C)C)cc3)cc2)c2ccc(COCCOC(=O)C(=C)C)cc2)cc1. The third kappa shape index (κ3) is 19.1. The van der Waals surface area contributed by atoms with Crippen molar-refractivity contribution in [3.63, 3.8) is 0 Å². The fourth-order valence-electron chi connectivity index (χ4n) is 6.74. The summed E-state index contributed by atoms with van der Waals surface area (Å²) in [5, 5.41) is 0. The van der Waals surface area contributed by atoms with Crippen molar-refractivity contribution < 1.29 is 57.1 Å². The van der Waals surface area contributed by atoms with E-state index in [0.717, 1.165) is 61.6 Å². The second-order valence-corrected chi connectivity index (χ2v) is 17.1. The van der Waals surface area contributed by atoms with Crippen LogP contribution in [-0.4, -0.2) is 76.7 Å². The molecule has 0 atom stereocenters. The molecule has 5 aromatic carbocycles. The van der Waals surface area contributed by atoms with Gasteiger partial charge in [0.1, 0.15) is 26.4 Å². The third-order valence-electron chi connectivity index (χ3n) is 10.7. The van der Waals surface area contributed by atoms with Crippen molar-refractivity contribution in [3.8, 4) is 0 Å². The summed E-state index contributed by atoms with van der Waals surface area (Å²) in [5.41, 5.74) is 11.9. The van der Waals surface area contributed by atoms with Gasteiger partial charge in [-0.25, -0.2) is 19.2 Å². The number of nitrogens with zero attached hydrogens (tertiary/aromatic N) is 1. The molecule has 0 bridgehead atoms. The minimum Gasteiger partial charge on any atom is -0.460 e. The Morgan fingerprint density at radius 3 is 0.877 bits per heavy atom. The number of carbonyl (C=O) groups excluding carboxylic acids is 4. The molecule has 0 fully saturated rings. The van der Waals surface area contributed by atoms with Crippen LogP contribution in [-0.2, 0) is 83.5 Å². The van der Waals surface area contributed by atoms with E-state index in [2.05, 4.69) is 85.8 Å². The summed E-state index contributed by atoms with van der Waals surface area (Å²) in [6.45, 7) is 23.8. The van der Waals surface area contributed by atoms with Crippen LogP contribution in [0.4, 0.5) is 17.1 Å². The second-order valence-electron chi connectivity index (χ2n) is 17.1. The Balaban J connectivity index is 1.38. The number of carbonyl (C=O) groups is 4. The lowest BCUT2D eigenvalue weighted by Gasteiger charge is -2.26. The van der Waals surface area contributed by atoms with Crippen LogP contribution in [0, 0.1) is 0 Å². The minimum absolute atomic E-state index is 0.134. The Kier molecular flexibility index (Phi) is 22.8. The number of hydrogen-bond acceptors (Lipinski definition) is 13. The molecule has 73 heavy (non-hydrogen) atoms. The maximum Gasteiger partial charge on any atom is 0.333 e. The molecule has 0 aliphatic rings. The average Bonchev–Trinajstić information content (AvgIpc) is 3.39. The van der Waals surface area contributed by atoms with Crippen LogP contribution in [0.2, 0.25) is 0 Å². The van der Waals surface area contributed by atoms with Gasteiger partial charge in [0.25, 0.3) is 0 Å². The summed E-state index contributed by atoms with van der Waals surface area (Å²) >= 11 is 0. The molecule has 0 saturated heterocycles. The summed E-state index contributed by atoms with van der Waals surface area (Å²) < 4.78 is 43.7. The van der Waals surface area contributed by atoms with Crippen molar-refractivity contribution in [1.82, 2.24) is 0 Å².